The van der Waals surface area contributed by atoms with Gasteiger partial charge in [-0.05, 0) is 61.7 Å². The van der Waals surface area contributed by atoms with Gasteiger partial charge in [0.25, 0.3) is 5.78 Å². The van der Waals surface area contributed by atoms with Crippen molar-refractivity contribution in [3.8, 4) is 0 Å². The molecule has 2 heterocycles. The lowest BCUT2D eigenvalue weighted by Crippen LogP contribution is -2.14. The van der Waals surface area contributed by atoms with Gasteiger partial charge >= 0.3 is 0 Å². The molecule has 0 spiro atoms. The van der Waals surface area contributed by atoms with Crippen LogP contribution in [0.4, 0.5) is 10.1 Å². The van der Waals surface area contributed by atoms with Crippen molar-refractivity contribution in [3.63, 3.8) is 0 Å². The monoisotopic (exact) mass is 503 g/mol. The van der Waals surface area contributed by atoms with Gasteiger partial charge in [-0.25, -0.2) is 13.9 Å². The molecular formula is C23H20Cl2FN5OS. The molecule has 0 saturated heterocycles. The topological polar surface area (TPSA) is 72.2 Å². The van der Waals surface area contributed by atoms with Crippen molar-refractivity contribution in [2.45, 2.75) is 32.3 Å². The van der Waals surface area contributed by atoms with E-state index in [1.54, 1.807) is 22.7 Å². The fourth-order valence-corrected chi connectivity index (χ4v) is 4.39. The van der Waals surface area contributed by atoms with E-state index in [2.05, 4.69) is 20.4 Å². The van der Waals surface area contributed by atoms with Gasteiger partial charge in [0, 0.05) is 33.5 Å². The van der Waals surface area contributed by atoms with E-state index in [-0.39, 0.29) is 17.5 Å². The molecule has 4 rings (SSSR count). The van der Waals surface area contributed by atoms with Crippen LogP contribution in [-0.2, 0) is 11.2 Å². The molecule has 6 nitrogen and oxygen atoms in total. The number of aryl methyl sites for hydroxylation is 3. The smallest absolute Gasteiger partial charge is 0.253 e. The van der Waals surface area contributed by atoms with Crippen LogP contribution in [-0.4, -0.2) is 31.2 Å². The third kappa shape index (κ3) is 5.29. The molecule has 1 amide bonds. The van der Waals surface area contributed by atoms with Gasteiger partial charge < -0.3 is 5.32 Å². The van der Waals surface area contributed by atoms with Gasteiger partial charge in [-0.1, -0.05) is 47.1 Å². The first-order valence-corrected chi connectivity index (χ1v) is 11.8. The molecule has 0 aliphatic heterocycles. The molecule has 0 aliphatic carbocycles. The number of rotatable bonds is 6. The second kappa shape index (κ2) is 9.67. The molecule has 4 aromatic rings. The average molecular weight is 504 g/mol. The van der Waals surface area contributed by atoms with Crippen LogP contribution < -0.4 is 5.32 Å². The highest BCUT2D eigenvalue weighted by atomic mass is 35.5. The van der Waals surface area contributed by atoms with Crippen LogP contribution in [0.2, 0.25) is 10.0 Å². The van der Waals surface area contributed by atoms with Gasteiger partial charge in [0.1, 0.15) is 5.82 Å². The van der Waals surface area contributed by atoms with Crippen LogP contribution in [0.3, 0.4) is 0 Å². The maximum absolute atomic E-state index is 13.4. The summed E-state index contributed by atoms with van der Waals surface area (Å²) in [4.78, 5) is 21.3. The highest BCUT2D eigenvalue weighted by Crippen LogP contribution is 2.25. The summed E-state index contributed by atoms with van der Waals surface area (Å²) in [6.07, 6.45) is 0.490. The zero-order chi connectivity index (χ0) is 23.7. The van der Waals surface area contributed by atoms with Crippen molar-refractivity contribution in [1.29, 1.82) is 0 Å². The number of nitrogens with one attached hydrogen (secondary N) is 1. The van der Waals surface area contributed by atoms with Crippen molar-refractivity contribution in [2.24, 2.45) is 0 Å². The first-order valence-electron chi connectivity index (χ1n) is 10.1. The number of carbonyl (C=O) groups is 1. The molecule has 0 aliphatic rings. The predicted molar refractivity (Wildman–Crippen MR) is 130 cm³/mol. The summed E-state index contributed by atoms with van der Waals surface area (Å²) in [7, 11) is 0. The minimum atomic E-state index is -0.377. The van der Waals surface area contributed by atoms with Gasteiger partial charge in [-0.15, -0.1) is 5.10 Å². The molecule has 33 heavy (non-hydrogen) atoms. The molecule has 0 radical (unpaired) electrons. The molecule has 0 bridgehead atoms. The Morgan fingerprint density at radius 3 is 2.61 bits per heavy atom. The van der Waals surface area contributed by atoms with Gasteiger partial charge in [0.2, 0.25) is 11.1 Å². The second-order valence-electron chi connectivity index (χ2n) is 7.58. The number of aromatic nitrogens is 4. The molecule has 0 saturated carbocycles. The number of benzene rings is 2. The minimum Gasteiger partial charge on any atom is -0.325 e. The molecule has 2 aromatic carbocycles. The highest BCUT2D eigenvalue weighted by molar-refractivity contribution is 7.99. The first kappa shape index (κ1) is 23.5. The summed E-state index contributed by atoms with van der Waals surface area (Å²) in [6.45, 7) is 5.71. The van der Waals surface area contributed by atoms with Crippen LogP contribution in [0.1, 0.15) is 28.1 Å². The molecule has 0 unspecified atom stereocenters. The van der Waals surface area contributed by atoms with Crippen molar-refractivity contribution in [3.05, 3.63) is 80.3 Å². The lowest BCUT2D eigenvalue weighted by Gasteiger charge is -2.11. The third-order valence-corrected chi connectivity index (χ3v) is 6.80. The van der Waals surface area contributed by atoms with Crippen LogP contribution in [0.5, 0.6) is 0 Å². The van der Waals surface area contributed by atoms with Crippen LogP contribution in [0, 0.1) is 26.6 Å². The maximum atomic E-state index is 13.4. The van der Waals surface area contributed by atoms with E-state index in [0.717, 1.165) is 28.1 Å². The lowest BCUT2D eigenvalue weighted by molar-refractivity contribution is -0.113. The summed E-state index contributed by atoms with van der Waals surface area (Å²) in [5.74, 6) is 0.0232. The number of fused-ring (bicyclic) bond motifs is 1. The quantitative estimate of drug-likeness (QED) is 0.335. The summed E-state index contributed by atoms with van der Waals surface area (Å²) < 4.78 is 15.0. The predicted octanol–water partition coefficient (Wildman–Crippen LogP) is 5.82. The normalized spacial score (nSPS) is 11.2. The van der Waals surface area contributed by atoms with E-state index in [1.165, 1.54) is 23.9 Å². The Bertz CT molecular complexity index is 1370. The number of thioether (sulfide) groups is 1. The molecular weight excluding hydrogens is 484 g/mol. The average Bonchev–Trinajstić information content (AvgIpc) is 3.17. The fourth-order valence-electron chi connectivity index (χ4n) is 3.36. The number of nitrogens with zero attached hydrogens (tertiary/aromatic N) is 4. The Kier molecular flexibility index (Phi) is 6.88. The molecule has 1 N–H and O–H groups in total. The minimum absolute atomic E-state index is 0.137. The fraction of sp³-hybridized carbons (Fsp3) is 0.217. The molecule has 0 atom stereocenters. The van der Waals surface area contributed by atoms with Crippen LogP contribution in [0.25, 0.3) is 5.78 Å². The van der Waals surface area contributed by atoms with Gasteiger partial charge in [0.15, 0.2) is 0 Å². The van der Waals surface area contributed by atoms with E-state index < -0.39 is 0 Å². The third-order valence-electron chi connectivity index (χ3n) is 5.20. The number of halogens is 3. The Balaban J connectivity index is 1.50. The lowest BCUT2D eigenvalue weighted by atomic mass is 10.0. The van der Waals surface area contributed by atoms with Crippen LogP contribution >= 0.6 is 35.0 Å². The first-order chi connectivity index (χ1) is 15.7. The van der Waals surface area contributed by atoms with E-state index in [4.69, 9.17) is 23.2 Å². The summed E-state index contributed by atoms with van der Waals surface area (Å²) in [5.41, 5.74) is 4.96. The Morgan fingerprint density at radius 2 is 1.88 bits per heavy atom. The maximum Gasteiger partial charge on any atom is 0.253 e. The Hall–Kier alpha value is -2.68. The highest BCUT2D eigenvalue weighted by Gasteiger charge is 2.16. The standard InChI is InChI=1S/C23H20Cl2FN5OS/c1-12-4-7-17(10-19(12)24)28-21(32)11-33-23-29-22-27-13(2)18(14(3)31(22)30-23)8-15-5-6-16(26)9-20(15)25/h4-7,9-10H,8,11H2,1-3H3,(H,28,32). The van der Waals surface area contributed by atoms with E-state index in [9.17, 15) is 9.18 Å². The van der Waals surface area contributed by atoms with E-state index in [0.29, 0.717) is 33.1 Å². The van der Waals surface area contributed by atoms with Crippen LogP contribution in [0.15, 0.2) is 41.6 Å². The van der Waals surface area contributed by atoms with Gasteiger partial charge in [0.05, 0.1) is 5.75 Å². The number of anilines is 1. The van der Waals surface area contributed by atoms with E-state index in [1.807, 2.05) is 26.8 Å². The molecule has 2 aromatic heterocycles. The molecule has 170 valence electrons. The Morgan fingerprint density at radius 1 is 1.09 bits per heavy atom. The van der Waals surface area contributed by atoms with Crippen molar-refractivity contribution in [2.75, 3.05) is 11.1 Å². The summed E-state index contributed by atoms with van der Waals surface area (Å²) in [6, 6.07) is 9.72. The van der Waals surface area contributed by atoms with Crippen molar-refractivity contribution in [1.82, 2.24) is 19.6 Å². The summed E-state index contributed by atoms with van der Waals surface area (Å²) in [5, 5.41) is 8.73. The largest absolute Gasteiger partial charge is 0.325 e. The Labute approximate surface area is 204 Å². The van der Waals surface area contributed by atoms with Crippen molar-refractivity contribution < 1.29 is 9.18 Å². The number of carbonyl (C=O) groups excluding carboxylic acids is 1. The molecule has 0 fully saturated rings. The zero-order valence-corrected chi connectivity index (χ0v) is 20.4. The SMILES string of the molecule is Cc1ccc(NC(=O)CSc2nc3nc(C)c(Cc4ccc(F)cc4Cl)c(C)n3n2)cc1Cl. The van der Waals surface area contributed by atoms with Gasteiger partial charge in [-0.3, -0.25) is 4.79 Å². The number of amides is 1. The molecule has 10 heteroatoms. The number of hydrogen-bond donors (Lipinski definition) is 1. The van der Waals surface area contributed by atoms with Crippen molar-refractivity contribution >= 4 is 52.3 Å². The second-order valence-corrected chi connectivity index (χ2v) is 9.34. The zero-order valence-electron chi connectivity index (χ0n) is 18.1. The van der Waals surface area contributed by atoms with E-state index >= 15 is 0 Å². The van der Waals surface area contributed by atoms with Gasteiger partial charge in [-0.2, -0.15) is 4.98 Å². The summed E-state index contributed by atoms with van der Waals surface area (Å²) >= 11 is 13.5. The number of hydrogen-bond acceptors (Lipinski definition) is 5.